The van der Waals surface area contributed by atoms with Gasteiger partial charge in [0.2, 0.25) is 0 Å². The number of aromatic nitrogens is 3. The first-order valence-corrected chi connectivity index (χ1v) is 16.3. The van der Waals surface area contributed by atoms with E-state index in [0.717, 1.165) is 21.3 Å². The second-order valence-electron chi connectivity index (χ2n) is 10.5. The van der Waals surface area contributed by atoms with Gasteiger partial charge in [-0.1, -0.05) is 63.7 Å². The van der Waals surface area contributed by atoms with Gasteiger partial charge >= 0.3 is 11.9 Å². The van der Waals surface area contributed by atoms with Crippen LogP contribution in [0.4, 0.5) is 0 Å². The van der Waals surface area contributed by atoms with Gasteiger partial charge in [-0.05, 0) is 61.9 Å². The van der Waals surface area contributed by atoms with E-state index in [4.69, 9.17) is 19.3 Å². The van der Waals surface area contributed by atoms with E-state index in [1.807, 2.05) is 60.8 Å². The summed E-state index contributed by atoms with van der Waals surface area (Å²) in [7, 11) is 1.45. The fourth-order valence-corrected chi connectivity index (χ4v) is 6.68. The van der Waals surface area contributed by atoms with Crippen LogP contribution >= 0.6 is 27.3 Å². The number of thiazole rings is 1. The molecule has 1 atom stereocenters. The normalized spacial score (nSPS) is 14.4. The standard InChI is InChI=1S/C35H29BrN4O6S/c1-5-45-34(43)30-20(2)37-35-40(32(30)23-13-16-27(46-21(3)41)28(17-23)44-4)33(42)29(47-35)18-24-19-39(26-9-7-6-8-10-26)38-31(24)22-11-14-25(36)15-12-22/h6-19,32H,5H2,1-4H3/b29-18-. The summed E-state index contributed by atoms with van der Waals surface area (Å²) in [5.74, 6) is -0.613. The highest BCUT2D eigenvalue weighted by atomic mass is 79.9. The lowest BCUT2D eigenvalue weighted by Gasteiger charge is -2.25. The Morgan fingerprint density at radius 1 is 1.04 bits per heavy atom. The summed E-state index contributed by atoms with van der Waals surface area (Å²) in [6.07, 6.45) is 3.69. The van der Waals surface area contributed by atoms with Crippen molar-refractivity contribution >= 4 is 45.3 Å². The van der Waals surface area contributed by atoms with Gasteiger partial charge in [0.1, 0.15) is 0 Å². The molecule has 3 aromatic carbocycles. The van der Waals surface area contributed by atoms with Crippen molar-refractivity contribution in [3.63, 3.8) is 0 Å². The van der Waals surface area contributed by atoms with Crippen LogP contribution in [0.25, 0.3) is 23.0 Å². The molecule has 1 aliphatic rings. The summed E-state index contributed by atoms with van der Waals surface area (Å²) < 4.78 is 20.8. The van der Waals surface area contributed by atoms with Gasteiger partial charge in [0, 0.05) is 28.7 Å². The maximum Gasteiger partial charge on any atom is 0.338 e. The van der Waals surface area contributed by atoms with Crippen molar-refractivity contribution in [3.05, 3.63) is 126 Å². The van der Waals surface area contributed by atoms with Gasteiger partial charge in [0.15, 0.2) is 16.3 Å². The molecule has 0 radical (unpaired) electrons. The van der Waals surface area contributed by atoms with Crippen LogP contribution in [0, 0.1) is 0 Å². The number of nitrogens with zero attached hydrogens (tertiary/aromatic N) is 4. The van der Waals surface area contributed by atoms with Crippen molar-refractivity contribution in [1.82, 2.24) is 14.3 Å². The topological polar surface area (TPSA) is 114 Å². The largest absolute Gasteiger partial charge is 0.493 e. The van der Waals surface area contributed by atoms with Crippen LogP contribution < -0.4 is 24.4 Å². The van der Waals surface area contributed by atoms with Crippen LogP contribution in [-0.2, 0) is 14.3 Å². The number of rotatable bonds is 8. The molecule has 3 heterocycles. The molecule has 0 saturated carbocycles. The summed E-state index contributed by atoms with van der Waals surface area (Å²) in [5.41, 5.74) is 4.02. The zero-order valence-electron chi connectivity index (χ0n) is 25.9. The quantitative estimate of drug-likeness (QED) is 0.158. The minimum absolute atomic E-state index is 0.145. The minimum Gasteiger partial charge on any atom is -0.493 e. The molecule has 5 aromatic rings. The predicted octanol–water partition coefficient (Wildman–Crippen LogP) is 5.35. The van der Waals surface area contributed by atoms with Crippen LogP contribution in [0.3, 0.4) is 0 Å². The first kappa shape index (κ1) is 31.9. The Labute approximate surface area is 282 Å². The number of hydrogen-bond acceptors (Lipinski definition) is 9. The lowest BCUT2D eigenvalue weighted by Crippen LogP contribution is -2.40. The van der Waals surface area contributed by atoms with E-state index in [-0.39, 0.29) is 29.2 Å². The minimum atomic E-state index is -0.884. The smallest absolute Gasteiger partial charge is 0.338 e. The molecule has 0 aliphatic carbocycles. The Bertz CT molecular complexity index is 2220. The van der Waals surface area contributed by atoms with Gasteiger partial charge in [-0.25, -0.2) is 14.5 Å². The molecule has 47 heavy (non-hydrogen) atoms. The fraction of sp³-hybridized carbons (Fsp3) is 0.171. The molecule has 12 heteroatoms. The molecule has 10 nitrogen and oxygen atoms in total. The van der Waals surface area contributed by atoms with Crippen LogP contribution in [0.1, 0.15) is 37.9 Å². The highest BCUT2D eigenvalue weighted by Crippen LogP contribution is 2.36. The number of carbonyl (C=O) groups excluding carboxylic acids is 2. The lowest BCUT2D eigenvalue weighted by molar-refractivity contribution is -0.139. The number of benzene rings is 3. The Hall–Kier alpha value is -5.07. The zero-order valence-corrected chi connectivity index (χ0v) is 28.3. The Morgan fingerprint density at radius 2 is 1.79 bits per heavy atom. The summed E-state index contributed by atoms with van der Waals surface area (Å²) >= 11 is 4.71. The number of allylic oxidation sites excluding steroid dienone is 1. The van der Waals surface area contributed by atoms with E-state index in [9.17, 15) is 14.4 Å². The molecule has 6 rings (SSSR count). The maximum absolute atomic E-state index is 14.3. The molecule has 0 fully saturated rings. The molecular formula is C35H29BrN4O6S. The zero-order chi connectivity index (χ0) is 33.2. The van der Waals surface area contributed by atoms with Crippen molar-refractivity contribution < 1.29 is 23.8 Å². The first-order chi connectivity index (χ1) is 22.7. The van der Waals surface area contributed by atoms with Gasteiger partial charge in [0.25, 0.3) is 5.56 Å². The fourth-order valence-electron chi connectivity index (χ4n) is 5.38. The van der Waals surface area contributed by atoms with E-state index in [2.05, 4.69) is 20.9 Å². The summed E-state index contributed by atoms with van der Waals surface area (Å²) in [6.45, 7) is 4.87. The monoisotopic (exact) mass is 712 g/mol. The molecule has 0 spiro atoms. The summed E-state index contributed by atoms with van der Waals surface area (Å²) in [4.78, 5) is 44.5. The first-order valence-electron chi connectivity index (χ1n) is 14.7. The Balaban J connectivity index is 1.56. The second kappa shape index (κ2) is 13.3. The van der Waals surface area contributed by atoms with Crippen LogP contribution in [0.15, 0.2) is 105 Å². The highest BCUT2D eigenvalue weighted by molar-refractivity contribution is 9.10. The molecule has 238 valence electrons. The molecule has 0 amide bonds. The number of fused-ring (bicyclic) bond motifs is 1. The van der Waals surface area contributed by atoms with Crippen molar-refractivity contribution in [2.75, 3.05) is 13.7 Å². The number of para-hydroxylation sites is 1. The molecule has 2 aromatic heterocycles. The Kier molecular flexibility index (Phi) is 9.06. The molecule has 0 bridgehead atoms. The maximum atomic E-state index is 14.3. The van der Waals surface area contributed by atoms with Crippen LogP contribution in [0.2, 0.25) is 0 Å². The van der Waals surface area contributed by atoms with Gasteiger partial charge < -0.3 is 14.2 Å². The van der Waals surface area contributed by atoms with Gasteiger partial charge in [-0.2, -0.15) is 5.10 Å². The SMILES string of the molecule is CCOC(=O)C1=C(C)N=c2s/c(=C\c3cn(-c4ccccc4)nc3-c3ccc(Br)cc3)c(=O)n2C1c1ccc(OC(C)=O)c(OC)c1. The van der Waals surface area contributed by atoms with Gasteiger partial charge in [-0.15, -0.1) is 0 Å². The molecular weight excluding hydrogens is 684 g/mol. The molecule has 1 unspecified atom stereocenters. The summed E-state index contributed by atoms with van der Waals surface area (Å²) in [5, 5.41) is 4.89. The second-order valence-corrected chi connectivity index (χ2v) is 12.5. The average Bonchev–Trinajstić information content (AvgIpc) is 3.61. The summed E-state index contributed by atoms with van der Waals surface area (Å²) in [6, 6.07) is 21.5. The number of ether oxygens (including phenoxy) is 3. The van der Waals surface area contributed by atoms with Crippen LogP contribution in [-0.4, -0.2) is 40.0 Å². The van der Waals surface area contributed by atoms with E-state index in [1.54, 1.807) is 42.8 Å². The van der Waals surface area contributed by atoms with E-state index in [1.165, 1.54) is 29.9 Å². The van der Waals surface area contributed by atoms with Gasteiger partial charge in [-0.3, -0.25) is 14.2 Å². The molecule has 0 saturated heterocycles. The molecule has 0 N–H and O–H groups in total. The number of hydrogen-bond donors (Lipinski definition) is 0. The van der Waals surface area contributed by atoms with E-state index >= 15 is 0 Å². The lowest BCUT2D eigenvalue weighted by atomic mass is 9.95. The number of esters is 2. The number of methoxy groups -OCH3 is 1. The van der Waals surface area contributed by atoms with Gasteiger partial charge in [0.05, 0.1) is 46.9 Å². The highest BCUT2D eigenvalue weighted by Gasteiger charge is 2.34. The van der Waals surface area contributed by atoms with Crippen molar-refractivity contribution in [2.24, 2.45) is 4.99 Å². The van der Waals surface area contributed by atoms with Crippen LogP contribution in [0.5, 0.6) is 11.5 Å². The van der Waals surface area contributed by atoms with Crippen molar-refractivity contribution in [2.45, 2.75) is 26.8 Å². The third-order valence-electron chi connectivity index (χ3n) is 7.44. The average molecular weight is 714 g/mol. The van der Waals surface area contributed by atoms with Crippen molar-refractivity contribution in [3.8, 4) is 28.4 Å². The molecule has 1 aliphatic heterocycles. The predicted molar refractivity (Wildman–Crippen MR) is 181 cm³/mol. The van der Waals surface area contributed by atoms with E-state index < -0.39 is 18.0 Å². The van der Waals surface area contributed by atoms with E-state index in [0.29, 0.717) is 26.3 Å². The third-order valence-corrected chi connectivity index (χ3v) is 8.95. The number of carbonyl (C=O) groups is 2. The third kappa shape index (κ3) is 6.34. The number of halogens is 1. The van der Waals surface area contributed by atoms with Crippen molar-refractivity contribution in [1.29, 1.82) is 0 Å². The Morgan fingerprint density at radius 3 is 2.47 bits per heavy atom.